The van der Waals surface area contributed by atoms with Crippen molar-refractivity contribution >= 4 is 10.8 Å². The standard InChI is InChI=1S/C19H22N2O5S/c1-25-15-8-7-12(11-16(15)26-2)17-13-5-3-4-6-14(13)20-9-10-27(24)19(20)18(17)21(22)23/h7-8,11,17H,3-6,9-10H2,1-2H3. The molecule has 1 aromatic rings. The predicted octanol–water partition coefficient (Wildman–Crippen LogP) is 3.14. The van der Waals surface area contributed by atoms with Crippen LogP contribution >= 0.6 is 0 Å². The van der Waals surface area contributed by atoms with Crippen LogP contribution in [0.4, 0.5) is 0 Å². The molecule has 0 aromatic heterocycles. The zero-order chi connectivity index (χ0) is 19.1. The molecule has 0 spiro atoms. The molecule has 1 fully saturated rings. The Bertz CT molecular complexity index is 892. The largest absolute Gasteiger partial charge is 0.493 e. The number of allylic oxidation sites excluding steroid dienone is 2. The molecule has 2 heterocycles. The number of methoxy groups -OCH3 is 2. The fourth-order valence-corrected chi connectivity index (χ4v) is 5.82. The van der Waals surface area contributed by atoms with Crippen LogP contribution in [0.15, 0.2) is 40.2 Å². The van der Waals surface area contributed by atoms with E-state index in [2.05, 4.69) is 0 Å². The average Bonchev–Trinajstić information content (AvgIpc) is 3.07. The van der Waals surface area contributed by atoms with Crippen molar-refractivity contribution in [3.8, 4) is 11.5 Å². The maximum atomic E-state index is 12.6. The lowest BCUT2D eigenvalue weighted by atomic mass is 9.79. The van der Waals surface area contributed by atoms with Gasteiger partial charge in [-0.1, -0.05) is 6.07 Å². The zero-order valence-corrected chi connectivity index (χ0v) is 16.2. The van der Waals surface area contributed by atoms with E-state index < -0.39 is 16.7 Å². The van der Waals surface area contributed by atoms with Gasteiger partial charge < -0.3 is 14.4 Å². The van der Waals surface area contributed by atoms with Crippen LogP contribution in [0.2, 0.25) is 0 Å². The third-order valence-electron chi connectivity index (χ3n) is 5.55. The molecule has 1 aromatic carbocycles. The average molecular weight is 390 g/mol. The van der Waals surface area contributed by atoms with Crippen molar-refractivity contribution in [3.63, 3.8) is 0 Å². The SMILES string of the molecule is COc1ccc(C2C3=C(CCCC3)N3CCS(=O)C3=C2[N+](=O)[O-])cc1OC. The van der Waals surface area contributed by atoms with E-state index in [4.69, 9.17) is 9.47 Å². The Morgan fingerprint density at radius 3 is 2.63 bits per heavy atom. The van der Waals surface area contributed by atoms with Crippen LogP contribution in [0.1, 0.15) is 37.2 Å². The van der Waals surface area contributed by atoms with Crippen molar-refractivity contribution < 1.29 is 18.6 Å². The first kappa shape index (κ1) is 18.0. The molecule has 0 amide bonds. The van der Waals surface area contributed by atoms with Crippen LogP contribution in [-0.4, -0.2) is 40.5 Å². The van der Waals surface area contributed by atoms with Crippen molar-refractivity contribution in [2.24, 2.45) is 0 Å². The van der Waals surface area contributed by atoms with Gasteiger partial charge in [-0.3, -0.25) is 14.3 Å². The maximum Gasteiger partial charge on any atom is 0.290 e. The Kier molecular flexibility index (Phi) is 4.67. The minimum absolute atomic E-state index is 0.0544. The highest BCUT2D eigenvalue weighted by molar-refractivity contribution is 7.89. The van der Waals surface area contributed by atoms with E-state index >= 15 is 0 Å². The van der Waals surface area contributed by atoms with E-state index in [-0.39, 0.29) is 10.6 Å². The van der Waals surface area contributed by atoms with Crippen LogP contribution in [-0.2, 0) is 10.8 Å². The summed E-state index contributed by atoms with van der Waals surface area (Å²) in [5, 5.41) is 12.5. The summed E-state index contributed by atoms with van der Waals surface area (Å²) in [5.74, 6) is 1.07. The summed E-state index contributed by atoms with van der Waals surface area (Å²) in [6, 6.07) is 5.43. The summed E-state index contributed by atoms with van der Waals surface area (Å²) in [6.07, 6.45) is 3.77. The molecule has 4 rings (SSSR count). The van der Waals surface area contributed by atoms with E-state index in [1.54, 1.807) is 26.4 Å². The summed E-state index contributed by atoms with van der Waals surface area (Å²) < 4.78 is 23.4. The summed E-state index contributed by atoms with van der Waals surface area (Å²) >= 11 is 0. The number of nitro groups is 1. The molecule has 3 aliphatic rings. The maximum absolute atomic E-state index is 12.6. The van der Waals surface area contributed by atoms with Crippen LogP contribution in [0.25, 0.3) is 0 Å². The van der Waals surface area contributed by atoms with Gasteiger partial charge >= 0.3 is 0 Å². The van der Waals surface area contributed by atoms with Crippen molar-refractivity contribution in [2.45, 2.75) is 31.6 Å². The highest BCUT2D eigenvalue weighted by Gasteiger charge is 2.47. The van der Waals surface area contributed by atoms with Gasteiger partial charge in [0.25, 0.3) is 5.70 Å². The third kappa shape index (κ3) is 2.82. The molecule has 27 heavy (non-hydrogen) atoms. The first-order chi connectivity index (χ1) is 13.1. The van der Waals surface area contributed by atoms with Gasteiger partial charge in [0, 0.05) is 18.0 Å². The van der Waals surface area contributed by atoms with Gasteiger partial charge in [-0.25, -0.2) is 0 Å². The summed E-state index contributed by atoms with van der Waals surface area (Å²) in [6.45, 7) is 0.594. The normalized spacial score (nSPS) is 24.6. The molecule has 1 saturated heterocycles. The number of fused-ring (bicyclic) bond motifs is 2. The molecular formula is C19H22N2O5S. The van der Waals surface area contributed by atoms with E-state index in [1.807, 2.05) is 11.0 Å². The van der Waals surface area contributed by atoms with Crippen molar-refractivity contribution in [1.82, 2.24) is 4.90 Å². The lowest BCUT2D eigenvalue weighted by Gasteiger charge is -2.36. The highest BCUT2D eigenvalue weighted by Crippen LogP contribution is 2.50. The van der Waals surface area contributed by atoms with E-state index in [1.165, 1.54) is 0 Å². The Morgan fingerprint density at radius 2 is 1.93 bits per heavy atom. The summed E-state index contributed by atoms with van der Waals surface area (Å²) in [4.78, 5) is 13.7. The van der Waals surface area contributed by atoms with Gasteiger partial charge in [0.2, 0.25) is 0 Å². The van der Waals surface area contributed by atoms with E-state index in [0.29, 0.717) is 28.8 Å². The smallest absolute Gasteiger partial charge is 0.290 e. The lowest BCUT2D eigenvalue weighted by molar-refractivity contribution is -0.431. The van der Waals surface area contributed by atoms with Crippen molar-refractivity contribution in [2.75, 3.05) is 26.5 Å². The third-order valence-corrected chi connectivity index (χ3v) is 6.96. The Morgan fingerprint density at radius 1 is 1.19 bits per heavy atom. The minimum atomic E-state index is -1.34. The second-order valence-corrected chi connectivity index (χ2v) is 8.36. The molecule has 0 saturated carbocycles. The van der Waals surface area contributed by atoms with E-state index in [9.17, 15) is 14.3 Å². The van der Waals surface area contributed by atoms with Gasteiger partial charge in [-0.05, 0) is 49.0 Å². The molecule has 0 radical (unpaired) electrons. The second kappa shape index (κ2) is 6.99. The summed E-state index contributed by atoms with van der Waals surface area (Å²) in [5.41, 5.74) is 3.05. The minimum Gasteiger partial charge on any atom is -0.493 e. The predicted molar refractivity (Wildman–Crippen MR) is 102 cm³/mol. The van der Waals surface area contributed by atoms with Crippen molar-refractivity contribution in [3.05, 3.63) is 55.9 Å². The van der Waals surface area contributed by atoms with Crippen molar-refractivity contribution in [1.29, 1.82) is 0 Å². The molecule has 0 bridgehead atoms. The molecule has 2 unspecified atom stereocenters. The van der Waals surface area contributed by atoms with Gasteiger partial charge in [-0.2, -0.15) is 0 Å². The fraction of sp³-hybridized carbons (Fsp3) is 0.474. The van der Waals surface area contributed by atoms with Gasteiger partial charge in [-0.15, -0.1) is 0 Å². The quantitative estimate of drug-likeness (QED) is 0.580. The molecule has 0 N–H and O–H groups in total. The van der Waals surface area contributed by atoms with Crippen LogP contribution in [0, 0.1) is 10.1 Å². The number of rotatable bonds is 4. The molecule has 8 heteroatoms. The molecule has 1 aliphatic carbocycles. The number of benzene rings is 1. The molecule has 2 aliphatic heterocycles. The van der Waals surface area contributed by atoms with Gasteiger partial charge in [0.15, 0.2) is 16.5 Å². The monoisotopic (exact) mass is 390 g/mol. The number of nitrogens with zero attached hydrogens (tertiary/aromatic N) is 2. The molecule has 7 nitrogen and oxygen atoms in total. The molecule has 2 atom stereocenters. The zero-order valence-electron chi connectivity index (χ0n) is 15.4. The number of ether oxygens (including phenoxy) is 2. The highest BCUT2D eigenvalue weighted by atomic mass is 32.2. The van der Waals surface area contributed by atoms with Crippen LogP contribution in [0.5, 0.6) is 11.5 Å². The topological polar surface area (TPSA) is 81.9 Å². The molecule has 144 valence electrons. The van der Waals surface area contributed by atoms with Gasteiger partial charge in [0.1, 0.15) is 5.92 Å². The van der Waals surface area contributed by atoms with Gasteiger partial charge in [0.05, 0.1) is 29.9 Å². The first-order valence-corrected chi connectivity index (χ1v) is 10.4. The number of hydrogen-bond acceptors (Lipinski definition) is 6. The second-order valence-electron chi connectivity index (χ2n) is 6.88. The Labute approximate surface area is 160 Å². The molecular weight excluding hydrogens is 368 g/mol. The lowest BCUT2D eigenvalue weighted by Crippen LogP contribution is -2.32. The number of hydrogen-bond donors (Lipinski definition) is 0. The Balaban J connectivity index is 1.94. The Hall–Kier alpha value is -2.35. The first-order valence-electron chi connectivity index (χ1n) is 9.05. The fourth-order valence-electron chi connectivity index (χ4n) is 4.40. The van der Waals surface area contributed by atoms with Crippen LogP contribution in [0.3, 0.4) is 0 Å². The van der Waals surface area contributed by atoms with E-state index in [0.717, 1.165) is 42.5 Å². The van der Waals surface area contributed by atoms with Crippen LogP contribution < -0.4 is 9.47 Å². The summed E-state index contributed by atoms with van der Waals surface area (Å²) in [7, 11) is 1.77.